The standard InChI is InChI=1S/C11H14ClN.C6H8O7/c1-11(12)8-13-7-6-9-4-2-3-5-10(9)11;7-3(8)1-6(13,5(11)12)2-4(9)10/h2-5,13H,6-8H2,1H3;13H,1-2H2,(H,7,8)(H,9,10)(H,11,12). The quantitative estimate of drug-likeness (QED) is 0.471. The lowest BCUT2D eigenvalue weighted by atomic mass is 9.95. The van der Waals surface area contributed by atoms with Gasteiger partial charge in [0.1, 0.15) is 0 Å². The lowest BCUT2D eigenvalue weighted by molar-refractivity contribution is -0.170. The van der Waals surface area contributed by atoms with E-state index >= 15 is 0 Å². The lowest BCUT2D eigenvalue weighted by Crippen LogP contribution is -2.42. The maximum Gasteiger partial charge on any atom is 0.336 e. The van der Waals surface area contributed by atoms with Gasteiger partial charge in [0.05, 0.1) is 17.7 Å². The van der Waals surface area contributed by atoms with Gasteiger partial charge in [-0.15, -0.1) is 11.6 Å². The van der Waals surface area contributed by atoms with Gasteiger partial charge in [-0.2, -0.15) is 0 Å². The number of fused-ring (bicyclic) bond motifs is 1. The highest BCUT2D eigenvalue weighted by Crippen LogP contribution is 2.32. The van der Waals surface area contributed by atoms with Crippen LogP contribution in [0.3, 0.4) is 0 Å². The predicted octanol–water partition coefficient (Wildman–Crippen LogP) is 1.04. The Labute approximate surface area is 155 Å². The summed E-state index contributed by atoms with van der Waals surface area (Å²) in [6.07, 6.45) is -1.21. The van der Waals surface area contributed by atoms with E-state index in [2.05, 4.69) is 36.5 Å². The Hall–Kier alpha value is -2.16. The first-order valence-electron chi connectivity index (χ1n) is 7.85. The lowest BCUT2D eigenvalue weighted by Gasteiger charge is -2.22. The van der Waals surface area contributed by atoms with Gasteiger partial charge in [0.15, 0.2) is 5.60 Å². The minimum atomic E-state index is -2.74. The molecule has 0 fully saturated rings. The first-order valence-corrected chi connectivity index (χ1v) is 8.23. The fourth-order valence-corrected chi connectivity index (χ4v) is 2.88. The highest BCUT2D eigenvalue weighted by atomic mass is 35.5. The van der Waals surface area contributed by atoms with Crippen molar-refractivity contribution in [2.45, 2.75) is 36.7 Å². The van der Waals surface area contributed by atoms with Gasteiger partial charge in [-0.25, -0.2) is 4.79 Å². The smallest absolute Gasteiger partial charge is 0.336 e. The molecule has 0 spiro atoms. The van der Waals surface area contributed by atoms with E-state index in [0.29, 0.717) is 0 Å². The van der Waals surface area contributed by atoms with Crippen LogP contribution in [0.4, 0.5) is 0 Å². The number of rotatable bonds is 5. The summed E-state index contributed by atoms with van der Waals surface area (Å²) in [5.74, 6) is -5.02. The molecule has 0 bridgehead atoms. The van der Waals surface area contributed by atoms with Crippen LogP contribution in [0.15, 0.2) is 24.3 Å². The van der Waals surface area contributed by atoms with Crippen LogP contribution in [0.2, 0.25) is 0 Å². The number of aliphatic carboxylic acids is 3. The molecule has 0 saturated carbocycles. The van der Waals surface area contributed by atoms with Crippen LogP contribution in [0.1, 0.15) is 30.9 Å². The van der Waals surface area contributed by atoms with Gasteiger partial charge >= 0.3 is 17.9 Å². The molecule has 1 aliphatic heterocycles. The summed E-state index contributed by atoms with van der Waals surface area (Å²) in [6, 6.07) is 8.44. The fraction of sp³-hybridized carbons (Fsp3) is 0.471. The SMILES string of the molecule is CC1(Cl)CNCCc2ccccc21.O=C(O)CC(O)(CC(=O)O)C(=O)O. The molecule has 1 aliphatic rings. The highest BCUT2D eigenvalue weighted by molar-refractivity contribution is 6.24. The van der Waals surface area contributed by atoms with Crippen LogP contribution >= 0.6 is 11.6 Å². The molecule has 5 N–H and O–H groups in total. The molecular formula is C17H22ClNO7. The minimum absolute atomic E-state index is 0.243. The van der Waals surface area contributed by atoms with Crippen molar-refractivity contribution in [1.29, 1.82) is 0 Å². The third-order valence-corrected chi connectivity index (χ3v) is 4.23. The molecule has 1 aromatic carbocycles. The number of hydrogen-bond acceptors (Lipinski definition) is 5. The third-order valence-electron chi connectivity index (χ3n) is 3.89. The largest absolute Gasteiger partial charge is 0.481 e. The topological polar surface area (TPSA) is 144 Å². The summed E-state index contributed by atoms with van der Waals surface area (Å²) >= 11 is 6.44. The van der Waals surface area contributed by atoms with Crippen molar-refractivity contribution in [2.24, 2.45) is 0 Å². The molecular weight excluding hydrogens is 366 g/mol. The Kier molecular flexibility index (Phi) is 7.55. The van der Waals surface area contributed by atoms with Crippen LogP contribution in [-0.2, 0) is 25.7 Å². The molecule has 0 radical (unpaired) electrons. The van der Waals surface area contributed by atoms with Gasteiger partial charge in [0, 0.05) is 6.54 Å². The van der Waals surface area contributed by atoms with Crippen LogP contribution in [0, 0.1) is 0 Å². The molecule has 1 unspecified atom stereocenters. The van der Waals surface area contributed by atoms with E-state index < -0.39 is 36.4 Å². The first-order chi connectivity index (χ1) is 12.0. The number of alkyl halides is 1. The molecule has 0 aliphatic carbocycles. The molecule has 144 valence electrons. The van der Waals surface area contributed by atoms with E-state index in [4.69, 9.17) is 32.0 Å². The molecule has 2 rings (SSSR count). The van der Waals surface area contributed by atoms with Crippen LogP contribution in [-0.4, -0.2) is 57.0 Å². The molecule has 0 aromatic heterocycles. The van der Waals surface area contributed by atoms with Crippen molar-refractivity contribution in [1.82, 2.24) is 5.32 Å². The Morgan fingerprint density at radius 3 is 2.19 bits per heavy atom. The van der Waals surface area contributed by atoms with Crippen LogP contribution in [0.5, 0.6) is 0 Å². The number of nitrogens with one attached hydrogen (secondary N) is 1. The second kappa shape index (κ2) is 8.98. The minimum Gasteiger partial charge on any atom is -0.481 e. The van der Waals surface area contributed by atoms with E-state index in [0.717, 1.165) is 19.5 Å². The summed E-state index contributed by atoms with van der Waals surface area (Å²) < 4.78 is 0. The number of hydrogen-bond donors (Lipinski definition) is 5. The molecule has 9 heteroatoms. The first kappa shape index (κ1) is 21.9. The molecule has 0 amide bonds. The van der Waals surface area contributed by atoms with Gasteiger partial charge < -0.3 is 25.7 Å². The number of carboxylic acid groups (broad SMARTS) is 3. The zero-order valence-electron chi connectivity index (χ0n) is 14.2. The Balaban J connectivity index is 0.000000260. The van der Waals surface area contributed by atoms with E-state index in [9.17, 15) is 14.4 Å². The van der Waals surface area contributed by atoms with Gasteiger partial charge in [-0.3, -0.25) is 9.59 Å². The Bertz CT molecular complexity index is 659. The number of carbonyl (C=O) groups is 3. The van der Waals surface area contributed by atoms with Crippen molar-refractivity contribution < 1.29 is 34.8 Å². The summed E-state index contributed by atoms with van der Waals surface area (Å²) in [5.41, 5.74) is -0.0795. The van der Waals surface area contributed by atoms with E-state index in [1.54, 1.807) is 0 Å². The fourth-order valence-electron chi connectivity index (χ4n) is 2.60. The normalized spacial score (nSPS) is 19.3. The number of benzene rings is 1. The van der Waals surface area contributed by atoms with Crippen molar-refractivity contribution in [2.75, 3.05) is 13.1 Å². The third kappa shape index (κ3) is 6.29. The molecule has 26 heavy (non-hydrogen) atoms. The Morgan fingerprint density at radius 2 is 1.69 bits per heavy atom. The molecule has 1 heterocycles. The summed E-state index contributed by atoms with van der Waals surface area (Å²) in [7, 11) is 0. The number of aliphatic hydroxyl groups is 1. The maximum atomic E-state index is 10.3. The van der Waals surface area contributed by atoms with Crippen LogP contribution < -0.4 is 5.32 Å². The Morgan fingerprint density at radius 1 is 1.15 bits per heavy atom. The predicted molar refractivity (Wildman–Crippen MR) is 93.3 cm³/mol. The van der Waals surface area contributed by atoms with E-state index in [1.165, 1.54) is 11.1 Å². The number of halogens is 1. The average molecular weight is 388 g/mol. The van der Waals surface area contributed by atoms with Crippen molar-refractivity contribution in [3.8, 4) is 0 Å². The maximum absolute atomic E-state index is 10.3. The molecule has 1 atom stereocenters. The van der Waals surface area contributed by atoms with E-state index in [-0.39, 0.29) is 4.87 Å². The monoisotopic (exact) mass is 387 g/mol. The molecule has 1 aromatic rings. The van der Waals surface area contributed by atoms with Gasteiger partial charge in [0.25, 0.3) is 0 Å². The van der Waals surface area contributed by atoms with E-state index in [1.807, 2.05) is 0 Å². The van der Waals surface area contributed by atoms with Gasteiger partial charge in [-0.1, -0.05) is 24.3 Å². The molecule has 8 nitrogen and oxygen atoms in total. The zero-order chi connectivity index (χ0) is 20.0. The average Bonchev–Trinajstić information content (AvgIpc) is 2.65. The molecule has 0 saturated heterocycles. The summed E-state index contributed by atoms with van der Waals surface area (Å²) in [5, 5.41) is 37.2. The van der Waals surface area contributed by atoms with Crippen molar-refractivity contribution in [3.05, 3.63) is 35.4 Å². The van der Waals surface area contributed by atoms with Crippen molar-refractivity contribution in [3.63, 3.8) is 0 Å². The highest BCUT2D eigenvalue weighted by Gasteiger charge is 2.40. The second-order valence-corrected chi connectivity index (χ2v) is 7.09. The second-order valence-electron chi connectivity index (χ2n) is 6.26. The summed E-state index contributed by atoms with van der Waals surface area (Å²) in [6.45, 7) is 3.95. The summed E-state index contributed by atoms with van der Waals surface area (Å²) in [4.78, 5) is 30.2. The van der Waals surface area contributed by atoms with Crippen LogP contribution in [0.25, 0.3) is 0 Å². The van der Waals surface area contributed by atoms with Gasteiger partial charge in [0.2, 0.25) is 0 Å². The zero-order valence-corrected chi connectivity index (χ0v) is 15.0. The number of carboxylic acids is 3. The van der Waals surface area contributed by atoms with Crippen molar-refractivity contribution >= 4 is 29.5 Å². The van der Waals surface area contributed by atoms with Gasteiger partial charge in [-0.05, 0) is 31.0 Å².